The minimum atomic E-state index is -0.271. The Kier molecular flexibility index (Phi) is 4.35. The van der Waals surface area contributed by atoms with Crippen molar-refractivity contribution in [3.63, 3.8) is 0 Å². The Labute approximate surface area is 115 Å². The van der Waals surface area contributed by atoms with Gasteiger partial charge < -0.3 is 10.6 Å². The van der Waals surface area contributed by atoms with E-state index in [4.69, 9.17) is 0 Å². The van der Waals surface area contributed by atoms with Crippen LogP contribution in [0.1, 0.15) is 10.5 Å². The molecule has 1 aromatic carbocycles. The minimum absolute atomic E-state index is 0.271. The zero-order valence-electron chi connectivity index (χ0n) is 10.7. The second-order valence-corrected chi connectivity index (χ2v) is 4.62. The molecular weight excluding hydrogens is 260 g/mol. The number of anilines is 2. The first-order valence-electron chi connectivity index (χ1n) is 5.70. The van der Waals surface area contributed by atoms with Gasteiger partial charge in [0.05, 0.1) is 0 Å². The third-order valence-corrected chi connectivity index (χ3v) is 3.24. The molecule has 5 nitrogen and oxygen atoms in total. The van der Waals surface area contributed by atoms with Gasteiger partial charge in [-0.2, -0.15) is 0 Å². The first-order chi connectivity index (χ1) is 9.22. The highest BCUT2D eigenvalue weighted by Crippen LogP contribution is 2.17. The predicted molar refractivity (Wildman–Crippen MR) is 77.8 cm³/mol. The summed E-state index contributed by atoms with van der Waals surface area (Å²) < 4.78 is 0. The number of thioether (sulfide) groups is 1. The maximum Gasteiger partial charge on any atom is 0.276 e. The summed E-state index contributed by atoms with van der Waals surface area (Å²) >= 11 is 1.65. The Hall–Kier alpha value is -2.08. The SMILES string of the molecule is CNc1ccc(C(=O)Nc2ccc(SC)cc2)nn1. The molecule has 0 atom stereocenters. The van der Waals surface area contributed by atoms with Crippen LogP contribution in [0.4, 0.5) is 11.5 Å². The summed E-state index contributed by atoms with van der Waals surface area (Å²) in [7, 11) is 1.75. The van der Waals surface area contributed by atoms with Crippen LogP contribution in [0.25, 0.3) is 0 Å². The molecule has 0 spiro atoms. The van der Waals surface area contributed by atoms with E-state index in [1.54, 1.807) is 30.9 Å². The normalized spacial score (nSPS) is 10.0. The lowest BCUT2D eigenvalue weighted by Crippen LogP contribution is -2.14. The molecule has 0 aliphatic rings. The van der Waals surface area contributed by atoms with Crippen LogP contribution >= 0.6 is 11.8 Å². The Balaban J connectivity index is 2.06. The first kappa shape index (κ1) is 13.4. The number of hydrogen-bond donors (Lipinski definition) is 2. The molecule has 1 heterocycles. The molecule has 0 saturated heterocycles. The van der Waals surface area contributed by atoms with Crippen LogP contribution in [0.5, 0.6) is 0 Å². The molecular formula is C13H14N4OS. The number of carbonyl (C=O) groups is 1. The van der Waals surface area contributed by atoms with Gasteiger partial charge in [0.2, 0.25) is 0 Å². The molecule has 0 bridgehead atoms. The monoisotopic (exact) mass is 274 g/mol. The van der Waals surface area contributed by atoms with Gasteiger partial charge in [-0.1, -0.05) is 0 Å². The molecule has 6 heteroatoms. The van der Waals surface area contributed by atoms with Gasteiger partial charge in [-0.15, -0.1) is 22.0 Å². The summed E-state index contributed by atoms with van der Waals surface area (Å²) in [4.78, 5) is 13.1. The number of carbonyl (C=O) groups excluding carboxylic acids is 1. The fourth-order valence-corrected chi connectivity index (χ4v) is 1.86. The standard InChI is InChI=1S/C13H14N4OS/c1-14-12-8-7-11(16-17-12)13(18)15-9-3-5-10(19-2)6-4-9/h3-8H,1-2H3,(H,14,17)(H,15,18). The Morgan fingerprint density at radius 1 is 1.11 bits per heavy atom. The van der Waals surface area contributed by atoms with Crippen molar-refractivity contribution in [3.8, 4) is 0 Å². The zero-order chi connectivity index (χ0) is 13.7. The van der Waals surface area contributed by atoms with E-state index in [9.17, 15) is 4.79 Å². The van der Waals surface area contributed by atoms with Crippen LogP contribution in [-0.4, -0.2) is 29.4 Å². The summed E-state index contributed by atoms with van der Waals surface area (Å²) in [5.74, 6) is 0.355. The van der Waals surface area contributed by atoms with Crippen LogP contribution in [0.15, 0.2) is 41.3 Å². The first-order valence-corrected chi connectivity index (χ1v) is 6.92. The lowest BCUT2D eigenvalue weighted by atomic mass is 10.3. The summed E-state index contributed by atoms with van der Waals surface area (Å²) in [5.41, 5.74) is 1.02. The van der Waals surface area contributed by atoms with Crippen molar-refractivity contribution >= 4 is 29.2 Å². The van der Waals surface area contributed by atoms with Crippen LogP contribution in [0, 0.1) is 0 Å². The summed E-state index contributed by atoms with van der Waals surface area (Å²) in [6.07, 6.45) is 2.01. The van der Waals surface area contributed by atoms with Gasteiger partial charge in [-0.05, 0) is 42.7 Å². The molecule has 0 saturated carbocycles. The van der Waals surface area contributed by atoms with E-state index in [1.165, 1.54) is 0 Å². The van der Waals surface area contributed by atoms with E-state index in [-0.39, 0.29) is 11.6 Å². The number of rotatable bonds is 4. The Morgan fingerprint density at radius 3 is 2.37 bits per heavy atom. The molecule has 2 rings (SSSR count). The van der Waals surface area contributed by atoms with Gasteiger partial charge in [0.1, 0.15) is 5.82 Å². The Bertz CT molecular complexity index is 554. The topological polar surface area (TPSA) is 66.9 Å². The third-order valence-electron chi connectivity index (χ3n) is 2.50. The fraction of sp³-hybridized carbons (Fsp3) is 0.154. The van der Waals surface area contributed by atoms with Crippen molar-refractivity contribution in [1.82, 2.24) is 10.2 Å². The molecule has 0 unspecified atom stereocenters. The fourth-order valence-electron chi connectivity index (χ4n) is 1.46. The van der Waals surface area contributed by atoms with Crippen LogP contribution < -0.4 is 10.6 Å². The maximum atomic E-state index is 11.9. The Morgan fingerprint density at radius 2 is 1.84 bits per heavy atom. The molecule has 98 valence electrons. The van der Waals surface area contributed by atoms with E-state index < -0.39 is 0 Å². The van der Waals surface area contributed by atoms with Gasteiger partial charge >= 0.3 is 0 Å². The van der Waals surface area contributed by atoms with E-state index in [0.29, 0.717) is 5.82 Å². The summed E-state index contributed by atoms with van der Waals surface area (Å²) in [6, 6.07) is 11.0. The smallest absolute Gasteiger partial charge is 0.276 e. The molecule has 0 aliphatic heterocycles. The lowest BCUT2D eigenvalue weighted by Gasteiger charge is -2.05. The quantitative estimate of drug-likeness (QED) is 0.838. The van der Waals surface area contributed by atoms with Crippen LogP contribution in [-0.2, 0) is 0 Å². The van der Waals surface area contributed by atoms with Crippen molar-refractivity contribution in [2.24, 2.45) is 0 Å². The number of benzene rings is 1. The molecule has 1 aromatic heterocycles. The van der Waals surface area contributed by atoms with Crippen molar-refractivity contribution in [2.75, 3.05) is 23.9 Å². The van der Waals surface area contributed by atoms with E-state index in [0.717, 1.165) is 10.6 Å². The summed E-state index contributed by atoms with van der Waals surface area (Å²) in [6.45, 7) is 0. The van der Waals surface area contributed by atoms with E-state index in [2.05, 4.69) is 20.8 Å². The van der Waals surface area contributed by atoms with Crippen molar-refractivity contribution in [2.45, 2.75) is 4.90 Å². The second-order valence-electron chi connectivity index (χ2n) is 3.74. The van der Waals surface area contributed by atoms with Gasteiger partial charge in [0.25, 0.3) is 5.91 Å². The van der Waals surface area contributed by atoms with Crippen LogP contribution in [0.3, 0.4) is 0 Å². The molecule has 0 fully saturated rings. The van der Waals surface area contributed by atoms with Gasteiger partial charge in [0.15, 0.2) is 5.69 Å². The predicted octanol–water partition coefficient (Wildman–Crippen LogP) is 2.49. The number of nitrogens with zero attached hydrogens (tertiary/aromatic N) is 2. The highest BCUT2D eigenvalue weighted by atomic mass is 32.2. The molecule has 2 N–H and O–H groups in total. The number of hydrogen-bond acceptors (Lipinski definition) is 5. The van der Waals surface area contributed by atoms with Crippen LogP contribution in [0.2, 0.25) is 0 Å². The van der Waals surface area contributed by atoms with Crippen molar-refractivity contribution in [3.05, 3.63) is 42.1 Å². The highest BCUT2D eigenvalue weighted by Gasteiger charge is 2.08. The highest BCUT2D eigenvalue weighted by molar-refractivity contribution is 7.98. The van der Waals surface area contributed by atoms with Gasteiger partial charge in [-0.25, -0.2) is 0 Å². The second kappa shape index (κ2) is 6.19. The van der Waals surface area contributed by atoms with E-state index >= 15 is 0 Å². The molecule has 19 heavy (non-hydrogen) atoms. The average Bonchev–Trinajstić information content (AvgIpc) is 2.48. The molecule has 0 radical (unpaired) electrons. The van der Waals surface area contributed by atoms with Gasteiger partial charge in [-0.3, -0.25) is 4.79 Å². The van der Waals surface area contributed by atoms with Crippen molar-refractivity contribution < 1.29 is 4.79 Å². The lowest BCUT2D eigenvalue weighted by molar-refractivity contribution is 0.102. The summed E-state index contributed by atoms with van der Waals surface area (Å²) in [5, 5.41) is 13.3. The molecule has 2 aromatic rings. The minimum Gasteiger partial charge on any atom is -0.372 e. The molecule has 1 amide bonds. The third kappa shape index (κ3) is 3.45. The van der Waals surface area contributed by atoms with Crippen molar-refractivity contribution in [1.29, 1.82) is 0 Å². The molecule has 0 aliphatic carbocycles. The van der Waals surface area contributed by atoms with Gasteiger partial charge in [0, 0.05) is 17.6 Å². The zero-order valence-corrected chi connectivity index (χ0v) is 11.5. The average molecular weight is 274 g/mol. The number of aromatic nitrogens is 2. The van der Waals surface area contributed by atoms with E-state index in [1.807, 2.05) is 30.5 Å². The largest absolute Gasteiger partial charge is 0.372 e. The number of amides is 1. The number of nitrogens with one attached hydrogen (secondary N) is 2. The maximum absolute atomic E-state index is 11.9.